The quantitative estimate of drug-likeness (QED) is 0.816. The van der Waals surface area contributed by atoms with Crippen LogP contribution in [-0.2, 0) is 14.6 Å². The molecule has 1 unspecified atom stereocenters. The lowest BCUT2D eigenvalue weighted by Crippen LogP contribution is -2.56. The molecule has 3 heterocycles. The van der Waals surface area contributed by atoms with Gasteiger partial charge < -0.3 is 14.3 Å². The maximum absolute atomic E-state index is 12.7. The molecular formula is C14H20N4O5S. The van der Waals surface area contributed by atoms with Crippen molar-refractivity contribution in [3.05, 3.63) is 12.3 Å². The van der Waals surface area contributed by atoms with Crippen LogP contribution in [0.5, 0.6) is 0 Å². The Labute approximate surface area is 139 Å². The minimum Gasteiger partial charge on any atom is -0.338 e. The van der Waals surface area contributed by atoms with Crippen molar-refractivity contribution in [2.45, 2.75) is 25.3 Å². The average Bonchev–Trinajstić information content (AvgIpc) is 3.07. The second-order valence-electron chi connectivity index (χ2n) is 5.99. The first kappa shape index (κ1) is 16.7. The number of rotatable bonds is 2. The Kier molecular flexibility index (Phi) is 4.74. The number of anilines is 1. The van der Waals surface area contributed by atoms with Gasteiger partial charge in [0.15, 0.2) is 9.84 Å². The molecule has 1 N–H and O–H groups in total. The van der Waals surface area contributed by atoms with Crippen molar-refractivity contribution in [2.75, 3.05) is 36.5 Å². The number of sulfone groups is 1. The molecule has 0 aromatic carbocycles. The predicted octanol–water partition coefficient (Wildman–Crippen LogP) is 0.318. The van der Waals surface area contributed by atoms with E-state index in [9.17, 15) is 18.0 Å². The molecule has 2 aliphatic rings. The van der Waals surface area contributed by atoms with Gasteiger partial charge in [0.2, 0.25) is 11.8 Å². The molecule has 0 bridgehead atoms. The molecule has 0 spiro atoms. The molecule has 132 valence electrons. The Hall–Kier alpha value is -2.10. The minimum absolute atomic E-state index is 0.0263. The van der Waals surface area contributed by atoms with E-state index >= 15 is 0 Å². The zero-order chi connectivity index (χ0) is 17.2. The highest BCUT2D eigenvalue weighted by molar-refractivity contribution is 7.91. The fourth-order valence-electron chi connectivity index (χ4n) is 3.00. The normalized spacial score (nSPS) is 23.8. The first-order chi connectivity index (χ1) is 11.5. The lowest BCUT2D eigenvalue weighted by Gasteiger charge is -2.39. The fraction of sp³-hybridized carbons (Fsp3) is 0.643. The van der Waals surface area contributed by atoms with E-state index in [4.69, 9.17) is 4.52 Å². The zero-order valence-electron chi connectivity index (χ0n) is 13.2. The zero-order valence-corrected chi connectivity index (χ0v) is 14.0. The summed E-state index contributed by atoms with van der Waals surface area (Å²) in [6.45, 7) is 0.832. The second-order valence-corrected chi connectivity index (χ2v) is 8.30. The summed E-state index contributed by atoms with van der Waals surface area (Å²) >= 11 is 0. The van der Waals surface area contributed by atoms with Crippen LogP contribution in [0.3, 0.4) is 0 Å². The molecular weight excluding hydrogens is 336 g/mol. The van der Waals surface area contributed by atoms with Crippen molar-refractivity contribution < 1.29 is 22.5 Å². The number of carbonyl (C=O) groups excluding carboxylic acids is 2. The summed E-state index contributed by atoms with van der Waals surface area (Å²) in [6, 6.07) is 0.666. The van der Waals surface area contributed by atoms with Gasteiger partial charge in [-0.3, -0.25) is 10.1 Å². The summed E-state index contributed by atoms with van der Waals surface area (Å²) in [6.07, 6.45) is 3.67. The molecule has 2 fully saturated rings. The van der Waals surface area contributed by atoms with Gasteiger partial charge in [-0.15, -0.1) is 0 Å². The number of carbonyl (C=O) groups is 2. The van der Waals surface area contributed by atoms with Crippen molar-refractivity contribution in [1.82, 2.24) is 15.0 Å². The van der Waals surface area contributed by atoms with Crippen molar-refractivity contribution in [2.24, 2.45) is 0 Å². The molecule has 0 aliphatic carbocycles. The number of aromatic nitrogens is 1. The Morgan fingerprint density at radius 1 is 1.21 bits per heavy atom. The largest absolute Gasteiger partial charge is 0.338 e. The van der Waals surface area contributed by atoms with Gasteiger partial charge in [-0.2, -0.15) is 0 Å². The molecule has 2 aliphatic heterocycles. The van der Waals surface area contributed by atoms with Crippen molar-refractivity contribution in [3.8, 4) is 0 Å². The molecule has 2 saturated heterocycles. The van der Waals surface area contributed by atoms with E-state index in [-0.39, 0.29) is 42.4 Å². The van der Waals surface area contributed by atoms with E-state index < -0.39 is 15.9 Å². The molecule has 10 heteroatoms. The topological polar surface area (TPSA) is 113 Å². The van der Waals surface area contributed by atoms with E-state index in [0.717, 1.165) is 12.8 Å². The van der Waals surface area contributed by atoms with E-state index in [0.29, 0.717) is 13.0 Å². The van der Waals surface area contributed by atoms with Gasteiger partial charge in [0, 0.05) is 25.7 Å². The van der Waals surface area contributed by atoms with E-state index in [1.807, 2.05) is 0 Å². The van der Waals surface area contributed by atoms with Crippen molar-refractivity contribution in [1.29, 1.82) is 0 Å². The highest BCUT2D eigenvalue weighted by Gasteiger charge is 2.36. The molecule has 3 amide bonds. The highest BCUT2D eigenvalue weighted by atomic mass is 32.2. The maximum atomic E-state index is 12.7. The van der Waals surface area contributed by atoms with E-state index in [1.54, 1.807) is 0 Å². The third-order valence-corrected chi connectivity index (χ3v) is 5.96. The molecule has 1 aromatic rings. The van der Waals surface area contributed by atoms with Crippen molar-refractivity contribution in [3.63, 3.8) is 0 Å². The van der Waals surface area contributed by atoms with Crippen LogP contribution in [0.4, 0.5) is 10.7 Å². The first-order valence-electron chi connectivity index (χ1n) is 7.94. The monoisotopic (exact) mass is 356 g/mol. The standard InChI is InChI=1S/C14H20N4O5S/c19-13(16-12-4-5-15-23-12)11-3-1-2-6-18(11)14(20)17-7-9-24(21,22)10-8-17/h4-5,11H,1-3,6-10H2,(H,16,19). The fourth-order valence-corrected chi connectivity index (χ4v) is 4.20. The number of nitrogens with one attached hydrogen (secondary N) is 1. The lowest BCUT2D eigenvalue weighted by molar-refractivity contribution is -0.121. The highest BCUT2D eigenvalue weighted by Crippen LogP contribution is 2.21. The van der Waals surface area contributed by atoms with Crippen LogP contribution in [0.1, 0.15) is 19.3 Å². The maximum Gasteiger partial charge on any atom is 0.320 e. The van der Waals surface area contributed by atoms with Crippen LogP contribution in [0.15, 0.2) is 16.8 Å². The number of urea groups is 1. The Morgan fingerprint density at radius 3 is 2.62 bits per heavy atom. The summed E-state index contributed by atoms with van der Waals surface area (Å²) < 4.78 is 27.9. The minimum atomic E-state index is -3.06. The molecule has 24 heavy (non-hydrogen) atoms. The molecule has 9 nitrogen and oxygen atoms in total. The van der Waals surface area contributed by atoms with Gasteiger partial charge in [0.05, 0.1) is 17.7 Å². The number of nitrogens with zero attached hydrogens (tertiary/aromatic N) is 3. The van der Waals surface area contributed by atoms with Gasteiger partial charge in [0.25, 0.3) is 0 Å². The van der Waals surface area contributed by atoms with Gasteiger partial charge in [0.1, 0.15) is 6.04 Å². The smallest absolute Gasteiger partial charge is 0.320 e. The Balaban J connectivity index is 1.67. The van der Waals surface area contributed by atoms with Crippen LogP contribution in [-0.4, -0.2) is 72.5 Å². The summed E-state index contributed by atoms with van der Waals surface area (Å²) in [5.41, 5.74) is 0. The number of hydrogen-bond acceptors (Lipinski definition) is 6. The van der Waals surface area contributed by atoms with E-state index in [2.05, 4.69) is 10.5 Å². The second kappa shape index (κ2) is 6.80. The third kappa shape index (κ3) is 3.69. The summed E-state index contributed by atoms with van der Waals surface area (Å²) in [7, 11) is -3.06. The Bertz CT molecular complexity index is 689. The van der Waals surface area contributed by atoms with Gasteiger partial charge >= 0.3 is 6.03 Å². The van der Waals surface area contributed by atoms with Crippen LogP contribution in [0.2, 0.25) is 0 Å². The first-order valence-corrected chi connectivity index (χ1v) is 9.76. The van der Waals surface area contributed by atoms with Gasteiger partial charge in [-0.25, -0.2) is 13.2 Å². The summed E-state index contributed by atoms with van der Waals surface area (Å²) in [4.78, 5) is 28.2. The van der Waals surface area contributed by atoms with Crippen LogP contribution >= 0.6 is 0 Å². The van der Waals surface area contributed by atoms with Gasteiger partial charge in [-0.05, 0) is 19.3 Å². The van der Waals surface area contributed by atoms with E-state index in [1.165, 1.54) is 22.1 Å². The number of amides is 3. The van der Waals surface area contributed by atoms with Crippen molar-refractivity contribution >= 4 is 27.7 Å². The molecule has 0 saturated carbocycles. The lowest BCUT2D eigenvalue weighted by atomic mass is 10.0. The van der Waals surface area contributed by atoms with Crippen LogP contribution < -0.4 is 5.32 Å². The molecule has 0 radical (unpaired) electrons. The summed E-state index contributed by atoms with van der Waals surface area (Å²) in [5, 5.41) is 6.14. The van der Waals surface area contributed by atoms with Crippen LogP contribution in [0.25, 0.3) is 0 Å². The molecule has 1 aromatic heterocycles. The summed E-state index contributed by atoms with van der Waals surface area (Å²) in [5.74, 6) is -0.130. The SMILES string of the molecule is O=C(Nc1ccno1)C1CCCCN1C(=O)N1CCS(=O)(=O)CC1. The average molecular weight is 356 g/mol. The predicted molar refractivity (Wildman–Crippen MR) is 85.1 cm³/mol. The molecule has 1 atom stereocenters. The van der Waals surface area contributed by atoms with Gasteiger partial charge in [-0.1, -0.05) is 5.16 Å². The number of piperidine rings is 1. The number of hydrogen-bond donors (Lipinski definition) is 1. The van der Waals surface area contributed by atoms with Crippen LogP contribution in [0, 0.1) is 0 Å². The number of likely N-dealkylation sites (tertiary alicyclic amines) is 1. The third-order valence-electron chi connectivity index (χ3n) is 4.35. The Morgan fingerprint density at radius 2 is 1.96 bits per heavy atom. The molecule has 3 rings (SSSR count).